The van der Waals surface area contributed by atoms with Crippen LogP contribution in [0.15, 0.2) is 12.1 Å². The van der Waals surface area contributed by atoms with Gasteiger partial charge in [-0.1, -0.05) is 27.2 Å². The second-order valence-corrected chi connectivity index (χ2v) is 7.19. The Bertz CT molecular complexity index is 761. The molecule has 0 unspecified atom stereocenters. The molecule has 7 heteroatoms. The molecule has 1 fully saturated rings. The summed E-state index contributed by atoms with van der Waals surface area (Å²) < 4.78 is 0. The second-order valence-electron chi connectivity index (χ2n) is 7.19. The molecule has 3 heterocycles. The van der Waals surface area contributed by atoms with Crippen molar-refractivity contribution in [3.8, 4) is 0 Å². The first kappa shape index (κ1) is 18.4. The average Bonchev–Trinajstić information content (AvgIpc) is 3.09. The predicted molar refractivity (Wildman–Crippen MR) is 102 cm³/mol. The number of hydrogen-bond acceptors (Lipinski definition) is 5. The number of hydrogen-bond donors (Lipinski definition) is 1. The van der Waals surface area contributed by atoms with Crippen molar-refractivity contribution in [2.45, 2.75) is 46.5 Å². The average molecular weight is 356 g/mol. The highest BCUT2D eigenvalue weighted by atomic mass is 16.2. The Labute approximate surface area is 154 Å². The first-order valence-electron chi connectivity index (χ1n) is 9.42. The third-order valence-electron chi connectivity index (χ3n) is 4.63. The smallest absolute Gasteiger partial charge is 0.274 e. The zero-order valence-corrected chi connectivity index (χ0v) is 16.1. The number of aromatic amines is 1. The first-order chi connectivity index (χ1) is 12.5. The van der Waals surface area contributed by atoms with Crippen LogP contribution in [0.1, 0.15) is 60.8 Å². The van der Waals surface area contributed by atoms with E-state index in [2.05, 4.69) is 40.9 Å². The van der Waals surface area contributed by atoms with Crippen molar-refractivity contribution in [2.24, 2.45) is 0 Å². The molecule has 0 spiro atoms. The Morgan fingerprint density at radius 2 is 1.92 bits per heavy atom. The summed E-state index contributed by atoms with van der Waals surface area (Å²) in [5, 5.41) is 7.14. The quantitative estimate of drug-likeness (QED) is 0.891. The minimum Gasteiger partial charge on any atom is -0.353 e. The van der Waals surface area contributed by atoms with Gasteiger partial charge in [0.05, 0.1) is 0 Å². The lowest BCUT2D eigenvalue weighted by atomic mass is 10.2. The van der Waals surface area contributed by atoms with Gasteiger partial charge in [-0.3, -0.25) is 9.89 Å². The van der Waals surface area contributed by atoms with Crippen molar-refractivity contribution in [1.82, 2.24) is 25.1 Å². The van der Waals surface area contributed by atoms with Crippen LogP contribution in [0.5, 0.6) is 0 Å². The normalized spacial score (nSPS) is 15.0. The van der Waals surface area contributed by atoms with Gasteiger partial charge in [0.25, 0.3) is 5.91 Å². The SMILES string of the molecule is CCCc1cc(C(=O)N2CCN(c3cc(C)nc(C(C)C)n3)CC2)n[nH]1. The number of carbonyl (C=O) groups is 1. The third kappa shape index (κ3) is 4.03. The van der Waals surface area contributed by atoms with E-state index in [0.717, 1.165) is 49.0 Å². The molecule has 0 saturated carbocycles. The van der Waals surface area contributed by atoms with Gasteiger partial charge in [-0.2, -0.15) is 5.10 Å². The van der Waals surface area contributed by atoms with E-state index >= 15 is 0 Å². The molecule has 0 bridgehead atoms. The van der Waals surface area contributed by atoms with E-state index < -0.39 is 0 Å². The van der Waals surface area contributed by atoms with E-state index in [9.17, 15) is 4.79 Å². The zero-order valence-electron chi connectivity index (χ0n) is 16.1. The van der Waals surface area contributed by atoms with Crippen LogP contribution >= 0.6 is 0 Å². The van der Waals surface area contributed by atoms with Crippen LogP contribution in [0.2, 0.25) is 0 Å². The highest BCUT2D eigenvalue weighted by Crippen LogP contribution is 2.19. The largest absolute Gasteiger partial charge is 0.353 e. The van der Waals surface area contributed by atoms with Gasteiger partial charge in [0, 0.05) is 49.6 Å². The monoisotopic (exact) mass is 356 g/mol. The number of H-pyrrole nitrogens is 1. The van der Waals surface area contributed by atoms with Crippen LogP contribution in [0.3, 0.4) is 0 Å². The van der Waals surface area contributed by atoms with Crippen molar-refractivity contribution < 1.29 is 4.79 Å². The Morgan fingerprint density at radius 1 is 1.19 bits per heavy atom. The summed E-state index contributed by atoms with van der Waals surface area (Å²) in [6.45, 7) is 11.2. The maximum Gasteiger partial charge on any atom is 0.274 e. The number of piperazine rings is 1. The first-order valence-corrected chi connectivity index (χ1v) is 9.42. The summed E-state index contributed by atoms with van der Waals surface area (Å²) in [6.07, 6.45) is 1.95. The maximum absolute atomic E-state index is 12.7. The minimum absolute atomic E-state index is 0.00462. The number of rotatable bonds is 5. The highest BCUT2D eigenvalue weighted by Gasteiger charge is 2.25. The molecule has 1 N–H and O–H groups in total. The zero-order chi connectivity index (χ0) is 18.7. The van der Waals surface area contributed by atoms with Gasteiger partial charge in [-0.05, 0) is 19.4 Å². The number of carbonyl (C=O) groups excluding carboxylic acids is 1. The highest BCUT2D eigenvalue weighted by molar-refractivity contribution is 5.92. The topological polar surface area (TPSA) is 78.0 Å². The molecule has 2 aromatic rings. The fourth-order valence-electron chi connectivity index (χ4n) is 3.16. The van der Waals surface area contributed by atoms with Gasteiger partial charge in [-0.25, -0.2) is 9.97 Å². The summed E-state index contributed by atoms with van der Waals surface area (Å²) in [4.78, 5) is 26.0. The van der Waals surface area contributed by atoms with E-state index in [4.69, 9.17) is 4.98 Å². The fourth-order valence-corrected chi connectivity index (χ4v) is 3.16. The van der Waals surface area contributed by atoms with E-state index in [1.54, 1.807) is 0 Å². The molecule has 0 aromatic carbocycles. The van der Waals surface area contributed by atoms with Crippen molar-refractivity contribution in [3.05, 3.63) is 35.0 Å². The third-order valence-corrected chi connectivity index (χ3v) is 4.63. The molecule has 1 amide bonds. The number of nitrogens with one attached hydrogen (secondary N) is 1. The van der Waals surface area contributed by atoms with Gasteiger partial charge < -0.3 is 9.80 Å². The van der Waals surface area contributed by atoms with Gasteiger partial charge in [0.15, 0.2) is 0 Å². The molecule has 0 atom stereocenters. The second kappa shape index (κ2) is 7.85. The molecule has 1 aliphatic heterocycles. The fraction of sp³-hybridized carbons (Fsp3) is 0.579. The standard InChI is InChI=1S/C19H28N6O/c1-5-6-15-12-16(23-22-15)19(26)25-9-7-24(8-10-25)17-11-14(4)20-18(21-17)13(2)3/h11-13H,5-10H2,1-4H3,(H,22,23). The van der Waals surface area contributed by atoms with Crippen LogP contribution in [-0.4, -0.2) is 57.2 Å². The van der Waals surface area contributed by atoms with E-state index in [0.29, 0.717) is 24.7 Å². The molecule has 7 nitrogen and oxygen atoms in total. The van der Waals surface area contributed by atoms with Crippen LogP contribution < -0.4 is 4.90 Å². The predicted octanol–water partition coefficient (Wildman–Crippen LogP) is 2.55. The van der Waals surface area contributed by atoms with E-state index in [1.165, 1.54) is 0 Å². The summed E-state index contributed by atoms with van der Waals surface area (Å²) in [6, 6.07) is 3.90. The summed E-state index contributed by atoms with van der Waals surface area (Å²) >= 11 is 0. The molecule has 0 radical (unpaired) electrons. The van der Waals surface area contributed by atoms with Gasteiger partial charge in [0.1, 0.15) is 17.3 Å². The molecule has 3 rings (SSSR count). The molecule has 0 aliphatic carbocycles. The number of amides is 1. The Hall–Kier alpha value is -2.44. The van der Waals surface area contributed by atoms with E-state index in [-0.39, 0.29) is 5.91 Å². The van der Waals surface area contributed by atoms with Gasteiger partial charge in [0.2, 0.25) is 0 Å². The summed E-state index contributed by atoms with van der Waals surface area (Å²) in [5.74, 6) is 2.13. The minimum atomic E-state index is 0.00462. The Balaban J connectivity index is 1.64. The van der Waals surface area contributed by atoms with Gasteiger partial charge >= 0.3 is 0 Å². The van der Waals surface area contributed by atoms with Crippen molar-refractivity contribution >= 4 is 11.7 Å². The number of anilines is 1. The van der Waals surface area contributed by atoms with Crippen molar-refractivity contribution in [2.75, 3.05) is 31.1 Å². The van der Waals surface area contributed by atoms with Gasteiger partial charge in [-0.15, -0.1) is 0 Å². The molecule has 140 valence electrons. The van der Waals surface area contributed by atoms with E-state index in [1.807, 2.05) is 24.0 Å². The van der Waals surface area contributed by atoms with Crippen LogP contribution in [-0.2, 0) is 6.42 Å². The Kier molecular flexibility index (Phi) is 5.54. The molecular weight excluding hydrogens is 328 g/mol. The lowest BCUT2D eigenvalue weighted by Crippen LogP contribution is -2.49. The molecule has 1 aliphatic rings. The summed E-state index contributed by atoms with van der Waals surface area (Å²) in [5.41, 5.74) is 2.52. The molecular formula is C19H28N6O. The number of aromatic nitrogens is 4. The van der Waals surface area contributed by atoms with Crippen LogP contribution in [0.25, 0.3) is 0 Å². The van der Waals surface area contributed by atoms with Crippen molar-refractivity contribution in [3.63, 3.8) is 0 Å². The summed E-state index contributed by atoms with van der Waals surface area (Å²) in [7, 11) is 0. The Morgan fingerprint density at radius 3 is 2.58 bits per heavy atom. The molecule has 1 saturated heterocycles. The van der Waals surface area contributed by atoms with Crippen LogP contribution in [0, 0.1) is 6.92 Å². The molecule has 26 heavy (non-hydrogen) atoms. The van der Waals surface area contributed by atoms with Crippen LogP contribution in [0.4, 0.5) is 5.82 Å². The lowest BCUT2D eigenvalue weighted by molar-refractivity contribution is 0.0740. The van der Waals surface area contributed by atoms with Crippen molar-refractivity contribution in [1.29, 1.82) is 0 Å². The lowest BCUT2D eigenvalue weighted by Gasteiger charge is -2.35. The maximum atomic E-state index is 12.7. The molecule has 2 aromatic heterocycles. The number of nitrogens with zero attached hydrogens (tertiary/aromatic N) is 5. The number of aryl methyl sites for hydroxylation is 2.